The van der Waals surface area contributed by atoms with Crippen LogP contribution in [0, 0.1) is 11.8 Å². The van der Waals surface area contributed by atoms with E-state index in [4.69, 9.17) is 4.74 Å². The molecule has 0 radical (unpaired) electrons. The number of ketones is 1. The Morgan fingerprint density at radius 2 is 2.21 bits per heavy atom. The van der Waals surface area contributed by atoms with Crippen LogP contribution in [-0.4, -0.2) is 19.0 Å². The second-order valence-electron chi connectivity index (χ2n) is 3.39. The van der Waals surface area contributed by atoms with Gasteiger partial charge in [-0.1, -0.05) is 19.3 Å². The monoisotopic (exact) mass is 196 g/mol. The first-order valence-electron chi connectivity index (χ1n) is 5.21. The molecule has 2 heteroatoms. The van der Waals surface area contributed by atoms with Crippen LogP contribution in [0.5, 0.6) is 0 Å². The second-order valence-corrected chi connectivity index (χ2v) is 3.39. The Kier molecular flexibility index (Phi) is 8.27. The Hall–Kier alpha value is -0.810. The van der Waals surface area contributed by atoms with Crippen molar-refractivity contribution in [2.24, 2.45) is 0 Å². The van der Waals surface area contributed by atoms with E-state index in [1.807, 2.05) is 0 Å². The average Bonchev–Trinajstić information content (AvgIpc) is 2.16. The molecule has 14 heavy (non-hydrogen) atoms. The summed E-state index contributed by atoms with van der Waals surface area (Å²) in [6, 6.07) is 0. The van der Waals surface area contributed by atoms with Gasteiger partial charge < -0.3 is 9.53 Å². The molecule has 0 saturated heterocycles. The van der Waals surface area contributed by atoms with E-state index in [1.165, 1.54) is 6.42 Å². The van der Waals surface area contributed by atoms with Crippen molar-refractivity contribution in [1.82, 2.24) is 0 Å². The van der Waals surface area contributed by atoms with Gasteiger partial charge in [-0.2, -0.15) is 0 Å². The van der Waals surface area contributed by atoms with Crippen molar-refractivity contribution >= 4 is 5.78 Å². The lowest BCUT2D eigenvalue weighted by molar-refractivity contribution is -0.117. The van der Waals surface area contributed by atoms with Crippen LogP contribution in [0.2, 0.25) is 0 Å². The molecule has 0 aromatic heterocycles. The van der Waals surface area contributed by atoms with Gasteiger partial charge in [-0.05, 0) is 19.8 Å². The van der Waals surface area contributed by atoms with Crippen molar-refractivity contribution < 1.29 is 9.53 Å². The summed E-state index contributed by atoms with van der Waals surface area (Å²) in [5, 5.41) is 0. The molecule has 0 rings (SSSR count). The maximum Gasteiger partial charge on any atom is 0.129 e. The van der Waals surface area contributed by atoms with Crippen LogP contribution in [0.4, 0.5) is 0 Å². The van der Waals surface area contributed by atoms with Gasteiger partial charge >= 0.3 is 0 Å². The number of carbonyl (C=O) groups excluding carboxylic acids is 1. The third-order valence-electron chi connectivity index (χ3n) is 1.96. The van der Waals surface area contributed by atoms with Crippen LogP contribution < -0.4 is 0 Å². The Bertz CT molecular complexity index is 210. The molecule has 0 aliphatic heterocycles. The molecule has 0 aromatic rings. The summed E-state index contributed by atoms with van der Waals surface area (Å²) in [6.45, 7) is 3.74. The molecule has 80 valence electrons. The predicted molar refractivity (Wildman–Crippen MR) is 58.0 cm³/mol. The molecule has 0 aliphatic rings. The fourth-order valence-corrected chi connectivity index (χ4v) is 1.03. The maximum atomic E-state index is 10.7. The molecule has 0 saturated carbocycles. The third kappa shape index (κ3) is 7.82. The number of Topliss-reactive ketones (excluding diaryl/α,β-unsaturated/α-hetero) is 1. The Morgan fingerprint density at radius 1 is 1.50 bits per heavy atom. The lowest BCUT2D eigenvalue weighted by atomic mass is 10.1. The van der Waals surface area contributed by atoms with Gasteiger partial charge in [-0.25, -0.2) is 0 Å². The van der Waals surface area contributed by atoms with E-state index in [9.17, 15) is 4.79 Å². The van der Waals surface area contributed by atoms with Gasteiger partial charge in [0.1, 0.15) is 11.9 Å². The van der Waals surface area contributed by atoms with E-state index in [2.05, 4.69) is 18.8 Å². The molecule has 0 aliphatic carbocycles. The minimum absolute atomic E-state index is 0.0734. The zero-order valence-corrected chi connectivity index (χ0v) is 9.43. The van der Waals surface area contributed by atoms with Gasteiger partial charge in [-0.3, -0.25) is 0 Å². The highest BCUT2D eigenvalue weighted by Gasteiger charge is 2.03. The molecular formula is C12H20O2. The number of hydrogen-bond acceptors (Lipinski definition) is 2. The summed E-state index contributed by atoms with van der Waals surface area (Å²) in [6.07, 6.45) is 4.42. The van der Waals surface area contributed by atoms with E-state index in [0.717, 1.165) is 12.8 Å². The van der Waals surface area contributed by atoms with E-state index in [-0.39, 0.29) is 11.9 Å². The van der Waals surface area contributed by atoms with Gasteiger partial charge in [0.2, 0.25) is 0 Å². The summed E-state index contributed by atoms with van der Waals surface area (Å²) in [7, 11) is 1.64. The average molecular weight is 196 g/mol. The van der Waals surface area contributed by atoms with Gasteiger partial charge in [0, 0.05) is 20.0 Å². The third-order valence-corrected chi connectivity index (χ3v) is 1.96. The first-order valence-corrected chi connectivity index (χ1v) is 5.21. The van der Waals surface area contributed by atoms with E-state index in [0.29, 0.717) is 12.8 Å². The molecule has 0 fully saturated rings. The van der Waals surface area contributed by atoms with Crippen LogP contribution in [0.3, 0.4) is 0 Å². The van der Waals surface area contributed by atoms with Crippen LogP contribution in [0.15, 0.2) is 0 Å². The van der Waals surface area contributed by atoms with Crippen molar-refractivity contribution in [2.45, 2.75) is 52.1 Å². The minimum Gasteiger partial charge on any atom is -0.369 e. The summed E-state index contributed by atoms with van der Waals surface area (Å²) in [5.74, 6) is 6.31. The van der Waals surface area contributed by atoms with Gasteiger partial charge in [-0.15, -0.1) is 5.92 Å². The first kappa shape index (κ1) is 13.2. The zero-order chi connectivity index (χ0) is 10.8. The summed E-state index contributed by atoms with van der Waals surface area (Å²) < 4.78 is 5.16. The number of hydrogen-bond donors (Lipinski definition) is 0. The van der Waals surface area contributed by atoms with Crippen molar-refractivity contribution in [3.05, 3.63) is 0 Å². The van der Waals surface area contributed by atoms with Crippen molar-refractivity contribution in [1.29, 1.82) is 0 Å². The summed E-state index contributed by atoms with van der Waals surface area (Å²) in [5.41, 5.74) is 0. The fraction of sp³-hybridized carbons (Fsp3) is 0.750. The quantitative estimate of drug-likeness (QED) is 0.482. The molecule has 0 aromatic carbocycles. The molecule has 0 N–H and O–H groups in total. The SMILES string of the molecule is CCCCC#CC(CCC(C)=O)OC. The highest BCUT2D eigenvalue weighted by molar-refractivity contribution is 5.75. The van der Waals surface area contributed by atoms with Crippen molar-refractivity contribution in [3.8, 4) is 11.8 Å². The molecule has 0 amide bonds. The Balaban J connectivity index is 3.75. The van der Waals surface area contributed by atoms with Crippen molar-refractivity contribution in [3.63, 3.8) is 0 Å². The topological polar surface area (TPSA) is 26.3 Å². The Labute approximate surface area is 87.0 Å². The minimum atomic E-state index is -0.0734. The standard InChI is InChI=1S/C12H20O2/c1-4-5-6-7-8-12(14-3)10-9-11(2)13/h12H,4-6,9-10H2,1-3H3. The summed E-state index contributed by atoms with van der Waals surface area (Å²) >= 11 is 0. The second kappa shape index (κ2) is 8.77. The molecule has 2 nitrogen and oxygen atoms in total. The number of rotatable bonds is 6. The van der Waals surface area contributed by atoms with Crippen LogP contribution in [0.1, 0.15) is 46.0 Å². The zero-order valence-electron chi connectivity index (χ0n) is 9.43. The van der Waals surface area contributed by atoms with Crippen LogP contribution in [-0.2, 0) is 9.53 Å². The van der Waals surface area contributed by atoms with E-state index in [1.54, 1.807) is 14.0 Å². The first-order chi connectivity index (χ1) is 6.70. The highest BCUT2D eigenvalue weighted by Crippen LogP contribution is 2.01. The van der Waals surface area contributed by atoms with Gasteiger partial charge in [0.05, 0.1) is 0 Å². The normalized spacial score (nSPS) is 11.6. The van der Waals surface area contributed by atoms with E-state index >= 15 is 0 Å². The number of carbonyl (C=O) groups is 1. The number of ether oxygens (including phenoxy) is 1. The summed E-state index contributed by atoms with van der Waals surface area (Å²) in [4.78, 5) is 10.7. The molecule has 1 unspecified atom stereocenters. The lowest BCUT2D eigenvalue weighted by Gasteiger charge is -2.06. The molecule has 0 spiro atoms. The van der Waals surface area contributed by atoms with Crippen LogP contribution in [0.25, 0.3) is 0 Å². The van der Waals surface area contributed by atoms with E-state index < -0.39 is 0 Å². The largest absolute Gasteiger partial charge is 0.369 e. The smallest absolute Gasteiger partial charge is 0.129 e. The van der Waals surface area contributed by atoms with Crippen LogP contribution >= 0.6 is 0 Å². The fourth-order valence-electron chi connectivity index (χ4n) is 1.03. The predicted octanol–water partition coefficient (Wildman–Crippen LogP) is 2.56. The molecule has 0 bridgehead atoms. The van der Waals surface area contributed by atoms with Gasteiger partial charge in [0.15, 0.2) is 0 Å². The lowest BCUT2D eigenvalue weighted by Crippen LogP contribution is -2.09. The Morgan fingerprint density at radius 3 is 2.71 bits per heavy atom. The molecular weight excluding hydrogens is 176 g/mol. The highest BCUT2D eigenvalue weighted by atomic mass is 16.5. The number of unbranched alkanes of at least 4 members (excludes halogenated alkanes) is 2. The van der Waals surface area contributed by atoms with Crippen molar-refractivity contribution in [2.75, 3.05) is 7.11 Å². The number of methoxy groups -OCH3 is 1. The molecule has 0 heterocycles. The van der Waals surface area contributed by atoms with Gasteiger partial charge in [0.25, 0.3) is 0 Å². The maximum absolute atomic E-state index is 10.7. The molecule has 1 atom stereocenters.